The highest BCUT2D eigenvalue weighted by Crippen LogP contribution is 2.30. The Bertz CT molecular complexity index is 470. The van der Waals surface area contributed by atoms with E-state index in [0.717, 1.165) is 31.7 Å². The van der Waals surface area contributed by atoms with Gasteiger partial charge < -0.3 is 10.1 Å². The first kappa shape index (κ1) is 14.8. The molecule has 0 spiro atoms. The lowest BCUT2D eigenvalue weighted by Crippen LogP contribution is -2.39. The van der Waals surface area contributed by atoms with Crippen LogP contribution in [0.1, 0.15) is 31.2 Å². The van der Waals surface area contributed by atoms with Crippen molar-refractivity contribution in [1.82, 2.24) is 10.2 Å². The van der Waals surface area contributed by atoms with Crippen LogP contribution in [0.25, 0.3) is 0 Å². The number of nitrogens with zero attached hydrogens (tertiary/aromatic N) is 1. The monoisotopic (exact) mass is 292 g/mol. The summed E-state index contributed by atoms with van der Waals surface area (Å²) in [5.74, 6) is 1.15. The van der Waals surface area contributed by atoms with Crippen molar-refractivity contribution in [3.63, 3.8) is 0 Å². The van der Waals surface area contributed by atoms with E-state index in [1.54, 1.807) is 7.11 Å². The van der Waals surface area contributed by atoms with Gasteiger partial charge in [-0.25, -0.2) is 4.39 Å². The molecule has 1 saturated carbocycles. The summed E-state index contributed by atoms with van der Waals surface area (Å²) in [6.45, 7) is 4.06. The molecule has 1 atom stereocenters. The Balaban J connectivity index is 1.64. The van der Waals surface area contributed by atoms with Crippen molar-refractivity contribution < 1.29 is 9.13 Å². The van der Waals surface area contributed by atoms with Crippen LogP contribution in [0, 0.1) is 11.7 Å². The fourth-order valence-electron chi connectivity index (χ4n) is 3.20. The molecule has 116 valence electrons. The van der Waals surface area contributed by atoms with Gasteiger partial charge in [-0.15, -0.1) is 0 Å². The van der Waals surface area contributed by atoms with Gasteiger partial charge in [-0.05, 0) is 50.8 Å². The summed E-state index contributed by atoms with van der Waals surface area (Å²) < 4.78 is 19.2. The SMILES string of the molecule is COc1ccc(CN(CC2CCCNC2)C2CC2)c(F)c1. The van der Waals surface area contributed by atoms with Crippen LogP contribution in [0.5, 0.6) is 5.75 Å². The van der Waals surface area contributed by atoms with Crippen molar-refractivity contribution in [2.24, 2.45) is 5.92 Å². The van der Waals surface area contributed by atoms with E-state index in [1.807, 2.05) is 12.1 Å². The van der Waals surface area contributed by atoms with Crippen molar-refractivity contribution in [3.05, 3.63) is 29.6 Å². The zero-order valence-electron chi connectivity index (χ0n) is 12.8. The highest BCUT2D eigenvalue weighted by atomic mass is 19.1. The minimum atomic E-state index is -0.151. The summed E-state index contributed by atoms with van der Waals surface area (Å²) in [4.78, 5) is 2.47. The van der Waals surface area contributed by atoms with E-state index in [0.29, 0.717) is 17.7 Å². The number of nitrogens with one attached hydrogen (secondary N) is 1. The van der Waals surface area contributed by atoms with Crippen LogP contribution < -0.4 is 10.1 Å². The van der Waals surface area contributed by atoms with Crippen molar-refractivity contribution >= 4 is 0 Å². The van der Waals surface area contributed by atoms with Crippen molar-refractivity contribution in [2.75, 3.05) is 26.7 Å². The average Bonchev–Trinajstić information content (AvgIpc) is 3.34. The predicted molar refractivity (Wildman–Crippen MR) is 82.0 cm³/mol. The zero-order valence-corrected chi connectivity index (χ0v) is 12.8. The second-order valence-electron chi connectivity index (χ2n) is 6.33. The third-order valence-corrected chi connectivity index (χ3v) is 4.59. The highest BCUT2D eigenvalue weighted by Gasteiger charge is 2.31. The number of ether oxygens (including phenoxy) is 1. The van der Waals surface area contributed by atoms with E-state index in [9.17, 15) is 4.39 Å². The highest BCUT2D eigenvalue weighted by molar-refractivity contribution is 5.29. The smallest absolute Gasteiger partial charge is 0.131 e. The molecule has 0 radical (unpaired) electrons. The van der Waals surface area contributed by atoms with Crippen LogP contribution in [0.15, 0.2) is 18.2 Å². The van der Waals surface area contributed by atoms with Crippen LogP contribution in [0.2, 0.25) is 0 Å². The molecule has 1 aromatic rings. The summed E-state index contributed by atoms with van der Waals surface area (Å²) in [7, 11) is 1.57. The van der Waals surface area contributed by atoms with Crippen molar-refractivity contribution in [1.29, 1.82) is 0 Å². The molecule has 1 aromatic carbocycles. The van der Waals surface area contributed by atoms with Gasteiger partial charge in [0.15, 0.2) is 0 Å². The van der Waals surface area contributed by atoms with Crippen LogP contribution in [0.4, 0.5) is 4.39 Å². The Morgan fingerprint density at radius 1 is 1.33 bits per heavy atom. The molecule has 1 heterocycles. The number of hydrogen-bond acceptors (Lipinski definition) is 3. The number of halogens is 1. The van der Waals surface area contributed by atoms with Gasteiger partial charge in [0.1, 0.15) is 11.6 Å². The molecule has 1 aliphatic carbocycles. The molecule has 1 saturated heterocycles. The molecule has 1 N–H and O–H groups in total. The first-order chi connectivity index (χ1) is 10.3. The standard InChI is InChI=1S/C17H25FN2O/c1-21-16-7-4-14(17(18)9-16)12-20(15-5-6-15)11-13-3-2-8-19-10-13/h4,7,9,13,15,19H,2-3,5-6,8,10-12H2,1H3. The zero-order chi connectivity index (χ0) is 14.7. The van der Waals surface area contributed by atoms with E-state index < -0.39 is 0 Å². The van der Waals surface area contributed by atoms with Gasteiger partial charge in [0.05, 0.1) is 7.11 Å². The molecule has 0 amide bonds. The van der Waals surface area contributed by atoms with Crippen molar-refractivity contribution in [2.45, 2.75) is 38.3 Å². The van der Waals surface area contributed by atoms with E-state index in [1.165, 1.54) is 31.7 Å². The minimum Gasteiger partial charge on any atom is -0.497 e. The van der Waals surface area contributed by atoms with Gasteiger partial charge in [0.2, 0.25) is 0 Å². The maximum absolute atomic E-state index is 14.1. The van der Waals surface area contributed by atoms with Gasteiger partial charge in [-0.3, -0.25) is 4.90 Å². The third kappa shape index (κ3) is 3.95. The summed E-state index contributed by atoms with van der Waals surface area (Å²) in [6.07, 6.45) is 5.08. The molecular formula is C17H25FN2O. The maximum atomic E-state index is 14.1. The van der Waals surface area contributed by atoms with Gasteiger partial charge in [-0.1, -0.05) is 6.07 Å². The normalized spacial score (nSPS) is 22.5. The van der Waals surface area contributed by atoms with E-state index in [-0.39, 0.29) is 5.82 Å². The number of methoxy groups -OCH3 is 1. The van der Waals surface area contributed by atoms with Crippen LogP contribution in [-0.2, 0) is 6.54 Å². The molecule has 2 fully saturated rings. The van der Waals surface area contributed by atoms with Crippen LogP contribution >= 0.6 is 0 Å². The summed E-state index contributed by atoms with van der Waals surface area (Å²) in [5, 5.41) is 3.47. The predicted octanol–water partition coefficient (Wildman–Crippen LogP) is 2.80. The first-order valence-electron chi connectivity index (χ1n) is 8.03. The largest absolute Gasteiger partial charge is 0.497 e. The molecule has 4 heteroatoms. The topological polar surface area (TPSA) is 24.5 Å². The Hall–Kier alpha value is -1.13. The van der Waals surface area contributed by atoms with Gasteiger partial charge in [-0.2, -0.15) is 0 Å². The quantitative estimate of drug-likeness (QED) is 0.872. The van der Waals surface area contributed by atoms with Crippen molar-refractivity contribution in [3.8, 4) is 5.75 Å². The second kappa shape index (κ2) is 6.75. The molecular weight excluding hydrogens is 267 g/mol. The van der Waals surface area contributed by atoms with Gasteiger partial charge >= 0.3 is 0 Å². The van der Waals surface area contributed by atoms with Gasteiger partial charge in [0, 0.05) is 30.8 Å². The lowest BCUT2D eigenvalue weighted by Gasteiger charge is -2.30. The second-order valence-corrected chi connectivity index (χ2v) is 6.33. The van der Waals surface area contributed by atoms with Gasteiger partial charge in [0.25, 0.3) is 0 Å². The molecule has 21 heavy (non-hydrogen) atoms. The Morgan fingerprint density at radius 2 is 2.19 bits per heavy atom. The number of hydrogen-bond donors (Lipinski definition) is 1. The Morgan fingerprint density at radius 3 is 2.81 bits per heavy atom. The van der Waals surface area contributed by atoms with E-state index in [2.05, 4.69) is 10.2 Å². The van der Waals surface area contributed by atoms with Crippen LogP contribution in [-0.4, -0.2) is 37.7 Å². The molecule has 0 aromatic heterocycles. The maximum Gasteiger partial charge on any atom is 0.131 e. The summed E-state index contributed by atoms with van der Waals surface area (Å²) >= 11 is 0. The van der Waals surface area contributed by atoms with E-state index in [4.69, 9.17) is 4.74 Å². The molecule has 2 aliphatic rings. The fourth-order valence-corrected chi connectivity index (χ4v) is 3.20. The molecule has 1 unspecified atom stereocenters. The lowest BCUT2D eigenvalue weighted by atomic mass is 9.98. The lowest BCUT2D eigenvalue weighted by molar-refractivity contribution is 0.191. The molecule has 3 rings (SSSR count). The number of piperidine rings is 1. The fraction of sp³-hybridized carbons (Fsp3) is 0.647. The summed E-state index contributed by atoms with van der Waals surface area (Å²) in [6, 6.07) is 5.87. The Kier molecular flexibility index (Phi) is 4.76. The number of benzene rings is 1. The Labute approximate surface area is 126 Å². The number of rotatable bonds is 6. The molecule has 3 nitrogen and oxygen atoms in total. The minimum absolute atomic E-state index is 0.151. The first-order valence-corrected chi connectivity index (χ1v) is 8.03. The average molecular weight is 292 g/mol. The molecule has 0 bridgehead atoms. The van der Waals surface area contributed by atoms with E-state index >= 15 is 0 Å². The molecule has 1 aliphatic heterocycles. The van der Waals surface area contributed by atoms with Crippen LogP contribution in [0.3, 0.4) is 0 Å². The third-order valence-electron chi connectivity index (χ3n) is 4.59. The summed E-state index contributed by atoms with van der Waals surface area (Å²) in [5.41, 5.74) is 0.784.